The fraction of sp³-hybridized carbons (Fsp3) is 0.0909. The summed E-state index contributed by atoms with van der Waals surface area (Å²) in [5.74, 6) is 0.193. The summed E-state index contributed by atoms with van der Waals surface area (Å²) in [6.07, 6.45) is 0. The summed E-state index contributed by atoms with van der Waals surface area (Å²) in [5, 5.41) is 5.63. The highest BCUT2D eigenvalue weighted by atomic mass is 79.9. The van der Waals surface area contributed by atoms with Gasteiger partial charge in [0.1, 0.15) is 5.75 Å². The standard InChI is InChI=1S/C22H19BrN2O3/c23-18-9-11-20(12-10-18)28-15-21(26)24-14-16-5-4-6-17(13-16)22(27)25-19-7-2-1-3-8-19/h1-13H,14-15H2,(H,24,26)(H,25,27). The van der Waals surface area contributed by atoms with Gasteiger partial charge in [-0.1, -0.05) is 46.3 Å². The van der Waals surface area contributed by atoms with Crippen LogP contribution in [-0.2, 0) is 11.3 Å². The van der Waals surface area contributed by atoms with Gasteiger partial charge in [0.15, 0.2) is 6.61 Å². The molecule has 0 bridgehead atoms. The fourth-order valence-electron chi connectivity index (χ4n) is 2.48. The first-order valence-electron chi connectivity index (χ1n) is 8.70. The first kappa shape index (κ1) is 19.6. The van der Waals surface area contributed by atoms with Crippen LogP contribution >= 0.6 is 15.9 Å². The third kappa shape index (κ3) is 5.96. The number of para-hydroxylation sites is 1. The van der Waals surface area contributed by atoms with Crippen molar-refractivity contribution in [2.45, 2.75) is 6.54 Å². The zero-order valence-corrected chi connectivity index (χ0v) is 16.6. The Labute approximate surface area is 171 Å². The number of carbonyl (C=O) groups excluding carboxylic acids is 2. The van der Waals surface area contributed by atoms with Crippen molar-refractivity contribution in [3.63, 3.8) is 0 Å². The molecule has 0 aliphatic carbocycles. The Balaban J connectivity index is 1.50. The molecule has 0 aliphatic heterocycles. The lowest BCUT2D eigenvalue weighted by Crippen LogP contribution is -2.28. The van der Waals surface area contributed by atoms with Gasteiger partial charge in [-0.15, -0.1) is 0 Å². The molecule has 0 spiro atoms. The van der Waals surface area contributed by atoms with Gasteiger partial charge >= 0.3 is 0 Å². The van der Waals surface area contributed by atoms with E-state index in [1.54, 1.807) is 30.3 Å². The molecule has 28 heavy (non-hydrogen) atoms. The van der Waals surface area contributed by atoms with Crippen LogP contribution in [-0.4, -0.2) is 18.4 Å². The lowest BCUT2D eigenvalue weighted by molar-refractivity contribution is -0.123. The van der Waals surface area contributed by atoms with E-state index in [-0.39, 0.29) is 18.4 Å². The largest absolute Gasteiger partial charge is 0.484 e. The molecule has 0 saturated carbocycles. The number of halogens is 1. The van der Waals surface area contributed by atoms with E-state index in [0.29, 0.717) is 17.9 Å². The summed E-state index contributed by atoms with van der Waals surface area (Å²) < 4.78 is 6.39. The summed E-state index contributed by atoms with van der Waals surface area (Å²) >= 11 is 3.35. The van der Waals surface area contributed by atoms with Crippen LogP contribution in [0.1, 0.15) is 15.9 Å². The van der Waals surface area contributed by atoms with Crippen molar-refractivity contribution in [2.24, 2.45) is 0 Å². The van der Waals surface area contributed by atoms with Gasteiger partial charge in [0.05, 0.1) is 0 Å². The number of rotatable bonds is 7. The number of ether oxygens (including phenoxy) is 1. The molecule has 6 heteroatoms. The first-order valence-corrected chi connectivity index (χ1v) is 9.50. The van der Waals surface area contributed by atoms with E-state index in [1.807, 2.05) is 48.5 Å². The molecule has 3 rings (SSSR count). The maximum absolute atomic E-state index is 12.4. The van der Waals surface area contributed by atoms with Crippen LogP contribution in [0.2, 0.25) is 0 Å². The SMILES string of the molecule is O=C(COc1ccc(Br)cc1)NCc1cccc(C(=O)Nc2ccccc2)c1. The lowest BCUT2D eigenvalue weighted by atomic mass is 10.1. The fourth-order valence-corrected chi connectivity index (χ4v) is 2.74. The predicted molar refractivity (Wildman–Crippen MR) is 112 cm³/mol. The second-order valence-electron chi connectivity index (χ2n) is 6.04. The zero-order chi connectivity index (χ0) is 19.8. The Morgan fingerprint density at radius 3 is 2.39 bits per heavy atom. The van der Waals surface area contributed by atoms with Crippen molar-refractivity contribution in [2.75, 3.05) is 11.9 Å². The molecule has 3 aromatic carbocycles. The van der Waals surface area contributed by atoms with Crippen molar-refractivity contribution in [1.29, 1.82) is 0 Å². The molecule has 2 amide bonds. The lowest BCUT2D eigenvalue weighted by Gasteiger charge is -2.09. The number of benzene rings is 3. The Hall–Kier alpha value is -3.12. The Morgan fingerprint density at radius 2 is 1.64 bits per heavy atom. The second kappa shape index (κ2) is 9.71. The van der Waals surface area contributed by atoms with E-state index in [1.165, 1.54) is 0 Å². The van der Waals surface area contributed by atoms with Crippen LogP contribution in [0.3, 0.4) is 0 Å². The van der Waals surface area contributed by atoms with E-state index in [2.05, 4.69) is 26.6 Å². The van der Waals surface area contributed by atoms with Gasteiger partial charge in [0.25, 0.3) is 11.8 Å². The van der Waals surface area contributed by atoms with Crippen molar-refractivity contribution >= 4 is 33.4 Å². The Kier molecular flexibility index (Phi) is 6.81. The molecule has 5 nitrogen and oxygen atoms in total. The van der Waals surface area contributed by atoms with Gasteiger partial charge in [-0.3, -0.25) is 9.59 Å². The second-order valence-corrected chi connectivity index (χ2v) is 6.96. The molecule has 0 aliphatic rings. The maximum Gasteiger partial charge on any atom is 0.258 e. The summed E-state index contributed by atoms with van der Waals surface area (Å²) in [4.78, 5) is 24.4. The zero-order valence-electron chi connectivity index (χ0n) is 15.0. The molecular formula is C22H19BrN2O3. The minimum Gasteiger partial charge on any atom is -0.484 e. The number of nitrogens with one attached hydrogen (secondary N) is 2. The molecule has 0 fully saturated rings. The third-order valence-corrected chi connectivity index (χ3v) is 4.42. The van der Waals surface area contributed by atoms with Crippen LogP contribution < -0.4 is 15.4 Å². The Morgan fingerprint density at radius 1 is 0.893 bits per heavy atom. The van der Waals surface area contributed by atoms with Gasteiger partial charge < -0.3 is 15.4 Å². The smallest absolute Gasteiger partial charge is 0.258 e. The van der Waals surface area contributed by atoms with E-state index >= 15 is 0 Å². The van der Waals surface area contributed by atoms with Gasteiger partial charge in [0.2, 0.25) is 0 Å². The average Bonchev–Trinajstić information content (AvgIpc) is 2.73. The molecule has 3 aromatic rings. The molecule has 0 unspecified atom stereocenters. The number of hydrogen-bond donors (Lipinski definition) is 2. The molecule has 0 radical (unpaired) electrons. The number of amides is 2. The maximum atomic E-state index is 12.4. The van der Waals surface area contributed by atoms with E-state index in [9.17, 15) is 9.59 Å². The van der Waals surface area contributed by atoms with Crippen LogP contribution in [0.15, 0.2) is 83.3 Å². The highest BCUT2D eigenvalue weighted by Crippen LogP contribution is 2.16. The molecule has 142 valence electrons. The van der Waals surface area contributed by atoms with E-state index in [0.717, 1.165) is 15.7 Å². The Bertz CT molecular complexity index is 944. The van der Waals surface area contributed by atoms with Crippen LogP contribution in [0.5, 0.6) is 5.75 Å². The van der Waals surface area contributed by atoms with Crippen molar-refractivity contribution in [3.8, 4) is 5.75 Å². The van der Waals surface area contributed by atoms with Gasteiger partial charge in [0, 0.05) is 22.3 Å². The number of anilines is 1. The van der Waals surface area contributed by atoms with Crippen LogP contribution in [0, 0.1) is 0 Å². The minimum absolute atomic E-state index is 0.0736. The van der Waals surface area contributed by atoms with Crippen LogP contribution in [0.4, 0.5) is 5.69 Å². The van der Waals surface area contributed by atoms with Gasteiger partial charge in [-0.25, -0.2) is 0 Å². The van der Waals surface area contributed by atoms with E-state index < -0.39 is 0 Å². The molecule has 0 saturated heterocycles. The van der Waals surface area contributed by atoms with Crippen molar-refractivity contribution in [3.05, 3.63) is 94.5 Å². The molecule has 0 atom stereocenters. The minimum atomic E-state index is -0.234. The highest BCUT2D eigenvalue weighted by molar-refractivity contribution is 9.10. The topological polar surface area (TPSA) is 67.4 Å². The summed E-state index contributed by atoms with van der Waals surface area (Å²) in [6, 6.07) is 23.7. The first-order chi connectivity index (χ1) is 13.6. The van der Waals surface area contributed by atoms with E-state index in [4.69, 9.17) is 4.74 Å². The molecule has 0 heterocycles. The molecule has 2 N–H and O–H groups in total. The summed E-state index contributed by atoms with van der Waals surface area (Å²) in [5.41, 5.74) is 2.09. The highest BCUT2D eigenvalue weighted by Gasteiger charge is 2.08. The molecular weight excluding hydrogens is 420 g/mol. The van der Waals surface area contributed by atoms with Crippen LogP contribution in [0.25, 0.3) is 0 Å². The quantitative estimate of drug-likeness (QED) is 0.574. The van der Waals surface area contributed by atoms with Crippen molar-refractivity contribution in [1.82, 2.24) is 5.32 Å². The monoisotopic (exact) mass is 438 g/mol. The van der Waals surface area contributed by atoms with Gasteiger partial charge in [-0.2, -0.15) is 0 Å². The normalized spacial score (nSPS) is 10.2. The van der Waals surface area contributed by atoms with Crippen molar-refractivity contribution < 1.29 is 14.3 Å². The number of hydrogen-bond acceptors (Lipinski definition) is 3. The molecule has 0 aromatic heterocycles. The average molecular weight is 439 g/mol. The summed E-state index contributed by atoms with van der Waals surface area (Å²) in [6.45, 7) is 0.241. The summed E-state index contributed by atoms with van der Waals surface area (Å²) in [7, 11) is 0. The van der Waals surface area contributed by atoms with Gasteiger partial charge in [-0.05, 0) is 54.1 Å². The predicted octanol–water partition coefficient (Wildman–Crippen LogP) is 4.40. The number of carbonyl (C=O) groups is 2. The third-order valence-electron chi connectivity index (χ3n) is 3.89.